The van der Waals surface area contributed by atoms with Crippen molar-refractivity contribution in [1.82, 2.24) is 14.8 Å². The Hall–Kier alpha value is -1.01. The van der Waals surface area contributed by atoms with E-state index in [1.165, 1.54) is 17.3 Å². The number of aromatic nitrogens is 3. The SMILES string of the molecule is Cc1cc(Cl)ccc1OC(C(O)C(C)(CCl)CCl)n1cncn1. The standard InChI is InChI=1S/C15H18Cl3N3O2/c1-10-5-11(18)3-4-12(10)23-14(21-9-19-8-20-21)13(22)15(2,6-16)7-17/h3-5,8-9,13-14,22H,6-7H2,1-2H3. The Balaban J connectivity index is 2.35. The summed E-state index contributed by atoms with van der Waals surface area (Å²) in [6.07, 6.45) is 1.03. The maximum absolute atomic E-state index is 10.8. The van der Waals surface area contributed by atoms with Crippen LogP contribution >= 0.6 is 34.8 Å². The van der Waals surface area contributed by atoms with Gasteiger partial charge >= 0.3 is 0 Å². The molecule has 0 aliphatic carbocycles. The lowest BCUT2D eigenvalue weighted by Crippen LogP contribution is -2.44. The second-order valence-corrected chi connectivity index (χ2v) is 6.63. The molecule has 0 bridgehead atoms. The first-order chi connectivity index (χ1) is 10.9. The van der Waals surface area contributed by atoms with Gasteiger partial charge in [0.05, 0.1) is 0 Å². The number of hydrogen-bond donors (Lipinski definition) is 1. The molecule has 2 atom stereocenters. The maximum Gasteiger partial charge on any atom is 0.219 e. The largest absolute Gasteiger partial charge is 0.466 e. The lowest BCUT2D eigenvalue weighted by Gasteiger charge is -2.35. The van der Waals surface area contributed by atoms with Crippen LogP contribution in [0.1, 0.15) is 18.7 Å². The average Bonchev–Trinajstić information content (AvgIpc) is 3.07. The molecule has 1 aromatic heterocycles. The van der Waals surface area contributed by atoms with Crippen molar-refractivity contribution in [2.24, 2.45) is 5.41 Å². The summed E-state index contributed by atoms with van der Waals surface area (Å²) < 4.78 is 7.43. The van der Waals surface area contributed by atoms with Gasteiger partial charge in [-0.15, -0.1) is 23.2 Å². The normalized spacial score (nSPS) is 14.5. The van der Waals surface area contributed by atoms with Crippen LogP contribution in [0.5, 0.6) is 5.75 Å². The van der Waals surface area contributed by atoms with E-state index in [2.05, 4.69) is 10.1 Å². The third kappa shape index (κ3) is 4.10. The molecule has 0 fully saturated rings. The Morgan fingerprint density at radius 1 is 1.35 bits per heavy atom. The highest BCUT2D eigenvalue weighted by Gasteiger charge is 2.40. The van der Waals surface area contributed by atoms with Gasteiger partial charge in [0.25, 0.3) is 0 Å². The predicted octanol–water partition coefficient (Wildman–Crippen LogP) is 3.66. The summed E-state index contributed by atoms with van der Waals surface area (Å²) in [6.45, 7) is 3.66. The third-order valence-electron chi connectivity index (χ3n) is 3.68. The molecule has 2 unspecified atom stereocenters. The summed E-state index contributed by atoms with van der Waals surface area (Å²) in [5.41, 5.74) is 0.0910. The van der Waals surface area contributed by atoms with Gasteiger partial charge in [0.1, 0.15) is 24.5 Å². The number of ether oxygens (including phenoxy) is 1. The van der Waals surface area contributed by atoms with E-state index in [-0.39, 0.29) is 11.8 Å². The van der Waals surface area contributed by atoms with Gasteiger partial charge in [-0.3, -0.25) is 0 Å². The zero-order valence-electron chi connectivity index (χ0n) is 12.8. The first kappa shape index (κ1) is 18.3. The van der Waals surface area contributed by atoms with Crippen molar-refractivity contribution in [2.45, 2.75) is 26.2 Å². The summed E-state index contributed by atoms with van der Waals surface area (Å²) in [7, 11) is 0. The number of aryl methyl sites for hydroxylation is 1. The van der Waals surface area contributed by atoms with Crippen LogP contribution in [0.2, 0.25) is 5.02 Å². The van der Waals surface area contributed by atoms with E-state index in [0.717, 1.165) is 5.56 Å². The number of aliphatic hydroxyl groups excluding tert-OH is 1. The molecule has 5 nitrogen and oxygen atoms in total. The van der Waals surface area contributed by atoms with Crippen LogP contribution in [0.25, 0.3) is 0 Å². The topological polar surface area (TPSA) is 60.2 Å². The molecule has 0 spiro atoms. The highest BCUT2D eigenvalue weighted by molar-refractivity contribution is 6.30. The van der Waals surface area contributed by atoms with E-state index in [0.29, 0.717) is 10.8 Å². The van der Waals surface area contributed by atoms with E-state index < -0.39 is 17.7 Å². The van der Waals surface area contributed by atoms with Crippen molar-refractivity contribution in [3.05, 3.63) is 41.4 Å². The van der Waals surface area contributed by atoms with Crippen molar-refractivity contribution in [3.8, 4) is 5.75 Å². The molecule has 2 aromatic rings. The van der Waals surface area contributed by atoms with Crippen LogP contribution in [0, 0.1) is 12.3 Å². The molecule has 23 heavy (non-hydrogen) atoms. The lowest BCUT2D eigenvalue weighted by atomic mass is 9.87. The molecule has 0 aliphatic rings. The highest BCUT2D eigenvalue weighted by atomic mass is 35.5. The summed E-state index contributed by atoms with van der Waals surface area (Å²) in [6, 6.07) is 5.24. The summed E-state index contributed by atoms with van der Waals surface area (Å²) in [5.74, 6) is 0.929. The average molecular weight is 379 g/mol. The van der Waals surface area contributed by atoms with Crippen LogP contribution in [-0.2, 0) is 0 Å². The second-order valence-electron chi connectivity index (χ2n) is 5.66. The molecule has 8 heteroatoms. The number of nitrogens with zero attached hydrogens (tertiary/aromatic N) is 3. The monoisotopic (exact) mass is 377 g/mol. The van der Waals surface area contributed by atoms with E-state index >= 15 is 0 Å². The fourth-order valence-electron chi connectivity index (χ4n) is 2.03. The molecule has 0 saturated carbocycles. The first-order valence-corrected chi connectivity index (χ1v) is 8.43. The van der Waals surface area contributed by atoms with Crippen molar-refractivity contribution in [3.63, 3.8) is 0 Å². The quantitative estimate of drug-likeness (QED) is 0.747. The summed E-state index contributed by atoms with van der Waals surface area (Å²) in [5, 5.41) is 15.5. The van der Waals surface area contributed by atoms with Gasteiger partial charge in [0, 0.05) is 22.2 Å². The molecule has 0 aliphatic heterocycles. The molecule has 0 radical (unpaired) electrons. The fourth-order valence-corrected chi connectivity index (χ4v) is 2.85. The summed E-state index contributed by atoms with van der Waals surface area (Å²) in [4.78, 5) is 3.91. The minimum absolute atomic E-state index is 0.172. The van der Waals surface area contributed by atoms with Crippen molar-refractivity contribution in [2.75, 3.05) is 11.8 Å². The van der Waals surface area contributed by atoms with E-state index in [4.69, 9.17) is 39.5 Å². The predicted molar refractivity (Wildman–Crippen MR) is 91.4 cm³/mol. The molecular formula is C15H18Cl3N3O2. The molecule has 2 rings (SSSR count). The Labute approximate surface area is 150 Å². The molecule has 1 heterocycles. The Morgan fingerprint density at radius 2 is 2.04 bits per heavy atom. The minimum Gasteiger partial charge on any atom is -0.466 e. The molecule has 126 valence electrons. The fraction of sp³-hybridized carbons (Fsp3) is 0.467. The van der Waals surface area contributed by atoms with E-state index in [1.807, 2.05) is 6.92 Å². The van der Waals surface area contributed by atoms with Gasteiger partial charge in [-0.1, -0.05) is 18.5 Å². The third-order valence-corrected chi connectivity index (χ3v) is 5.13. The van der Waals surface area contributed by atoms with Crippen molar-refractivity contribution >= 4 is 34.8 Å². The van der Waals surface area contributed by atoms with Crippen LogP contribution < -0.4 is 4.74 Å². The number of halogens is 3. The number of alkyl halides is 2. The Kier molecular flexibility index (Phi) is 6.14. The van der Waals surface area contributed by atoms with Gasteiger partial charge in [0.15, 0.2) is 0 Å². The number of rotatable bonds is 7. The number of aliphatic hydroxyl groups is 1. The maximum atomic E-state index is 10.8. The van der Waals surface area contributed by atoms with Gasteiger partial charge in [-0.2, -0.15) is 5.10 Å². The molecule has 0 saturated heterocycles. The van der Waals surface area contributed by atoms with Gasteiger partial charge < -0.3 is 9.84 Å². The molecule has 1 N–H and O–H groups in total. The number of hydrogen-bond acceptors (Lipinski definition) is 4. The second kappa shape index (κ2) is 7.71. The highest BCUT2D eigenvalue weighted by Crippen LogP contribution is 2.34. The lowest BCUT2D eigenvalue weighted by molar-refractivity contribution is -0.0709. The van der Waals surface area contributed by atoms with E-state index in [9.17, 15) is 5.11 Å². The van der Waals surface area contributed by atoms with Crippen LogP contribution in [0.4, 0.5) is 0 Å². The van der Waals surface area contributed by atoms with Crippen molar-refractivity contribution < 1.29 is 9.84 Å². The zero-order valence-corrected chi connectivity index (χ0v) is 15.1. The first-order valence-electron chi connectivity index (χ1n) is 6.98. The van der Waals surface area contributed by atoms with Crippen LogP contribution in [-0.4, -0.2) is 37.7 Å². The Bertz CT molecular complexity index is 633. The van der Waals surface area contributed by atoms with Crippen LogP contribution in [0.3, 0.4) is 0 Å². The minimum atomic E-state index is -0.991. The van der Waals surface area contributed by atoms with Gasteiger partial charge in [0.2, 0.25) is 6.23 Å². The van der Waals surface area contributed by atoms with Gasteiger partial charge in [-0.05, 0) is 30.7 Å². The smallest absolute Gasteiger partial charge is 0.219 e. The van der Waals surface area contributed by atoms with Crippen molar-refractivity contribution in [1.29, 1.82) is 0 Å². The number of benzene rings is 1. The zero-order chi connectivity index (χ0) is 17.0. The summed E-state index contributed by atoms with van der Waals surface area (Å²) >= 11 is 18.0. The Morgan fingerprint density at radius 3 is 2.57 bits per heavy atom. The molecule has 1 aromatic carbocycles. The van der Waals surface area contributed by atoms with Gasteiger partial charge in [-0.25, -0.2) is 9.67 Å². The molecular weight excluding hydrogens is 361 g/mol. The van der Waals surface area contributed by atoms with E-state index in [1.54, 1.807) is 25.1 Å². The van der Waals surface area contributed by atoms with Crippen LogP contribution in [0.15, 0.2) is 30.9 Å². The molecule has 0 amide bonds.